The van der Waals surface area contributed by atoms with Gasteiger partial charge in [-0.15, -0.1) is 23.1 Å². The summed E-state index contributed by atoms with van der Waals surface area (Å²) in [5.74, 6) is 0.581. The first-order chi connectivity index (χ1) is 9.96. The van der Waals surface area contributed by atoms with Crippen molar-refractivity contribution >= 4 is 38.8 Å². The van der Waals surface area contributed by atoms with Crippen molar-refractivity contribution in [3.8, 4) is 0 Å². The van der Waals surface area contributed by atoms with E-state index in [4.69, 9.17) is 5.73 Å². The van der Waals surface area contributed by atoms with Gasteiger partial charge >= 0.3 is 0 Å². The molecule has 0 spiro atoms. The molecule has 1 aromatic carbocycles. The van der Waals surface area contributed by atoms with Crippen LogP contribution in [0.15, 0.2) is 46.7 Å². The second kappa shape index (κ2) is 7.31. The van der Waals surface area contributed by atoms with Crippen LogP contribution in [0.25, 0.3) is 0 Å². The molecule has 1 aromatic heterocycles. The second-order valence-electron chi connectivity index (χ2n) is 4.59. The molecule has 4 nitrogen and oxygen atoms in total. The topological polar surface area (TPSA) is 72.2 Å². The number of nitrogens with two attached hydrogens (primary N) is 1. The molecule has 0 aliphatic rings. The summed E-state index contributed by atoms with van der Waals surface area (Å²) < 4.78 is 26.8. The van der Waals surface area contributed by atoms with E-state index in [0.29, 0.717) is 11.4 Å². The minimum absolute atomic E-state index is 0.0855. The van der Waals surface area contributed by atoms with Gasteiger partial charge in [0.25, 0.3) is 0 Å². The summed E-state index contributed by atoms with van der Waals surface area (Å²) in [6.07, 6.45) is 0. The lowest BCUT2D eigenvalue weighted by Gasteiger charge is -2.12. The molecule has 0 saturated carbocycles. The Hall–Kier alpha value is -1.02. The van der Waals surface area contributed by atoms with Crippen LogP contribution in [-0.2, 0) is 10.0 Å². The highest BCUT2D eigenvalue weighted by Gasteiger charge is 2.16. The summed E-state index contributed by atoms with van der Waals surface area (Å²) in [5.41, 5.74) is 6.38. The SMILES string of the molecule is CC(NS(=O)(=O)CCSc1cccc(N)c1)c1cccs1. The third-order valence-corrected chi connectivity index (χ3v) is 6.57. The number of hydrogen-bond acceptors (Lipinski definition) is 5. The molecule has 1 atom stereocenters. The number of sulfonamides is 1. The third kappa shape index (κ3) is 5.35. The summed E-state index contributed by atoms with van der Waals surface area (Å²) in [7, 11) is -3.28. The number of thioether (sulfide) groups is 1. The van der Waals surface area contributed by atoms with Crippen molar-refractivity contribution < 1.29 is 8.42 Å². The van der Waals surface area contributed by atoms with Gasteiger partial charge in [0.2, 0.25) is 10.0 Å². The number of benzene rings is 1. The standard InChI is InChI=1S/C14H18N2O2S3/c1-11(14-6-3-7-20-14)16-21(17,18)9-8-19-13-5-2-4-12(15)10-13/h2-7,10-11,16H,8-9,15H2,1H3. The molecule has 114 valence electrons. The van der Waals surface area contributed by atoms with Gasteiger partial charge in [-0.3, -0.25) is 0 Å². The quantitative estimate of drug-likeness (QED) is 0.599. The van der Waals surface area contributed by atoms with E-state index in [0.717, 1.165) is 9.77 Å². The Balaban J connectivity index is 1.84. The summed E-state index contributed by atoms with van der Waals surface area (Å²) in [6.45, 7) is 1.86. The molecule has 0 amide bonds. The Bertz CT molecular complexity index is 669. The molecule has 1 unspecified atom stereocenters. The Morgan fingerprint density at radius 1 is 1.33 bits per heavy atom. The predicted octanol–water partition coefficient (Wildman–Crippen LogP) is 3.10. The van der Waals surface area contributed by atoms with Crippen molar-refractivity contribution in [1.82, 2.24) is 4.72 Å². The van der Waals surface area contributed by atoms with Crippen molar-refractivity contribution in [3.05, 3.63) is 46.7 Å². The third-order valence-electron chi connectivity index (χ3n) is 2.81. The first-order valence-electron chi connectivity index (χ1n) is 6.48. The smallest absolute Gasteiger partial charge is 0.212 e. The number of thiophene rings is 1. The van der Waals surface area contributed by atoms with Crippen molar-refractivity contribution in [1.29, 1.82) is 0 Å². The van der Waals surface area contributed by atoms with Gasteiger partial charge in [0, 0.05) is 21.2 Å². The van der Waals surface area contributed by atoms with E-state index in [2.05, 4.69) is 4.72 Å². The summed E-state index contributed by atoms with van der Waals surface area (Å²) in [5, 5.41) is 1.94. The van der Waals surface area contributed by atoms with E-state index in [-0.39, 0.29) is 11.8 Å². The molecule has 0 aliphatic carbocycles. The Labute approximate surface area is 133 Å². The van der Waals surface area contributed by atoms with E-state index in [1.165, 1.54) is 11.8 Å². The van der Waals surface area contributed by atoms with Crippen LogP contribution >= 0.6 is 23.1 Å². The maximum absolute atomic E-state index is 12.0. The molecule has 1 heterocycles. The van der Waals surface area contributed by atoms with Crippen molar-refractivity contribution in [2.24, 2.45) is 0 Å². The van der Waals surface area contributed by atoms with Gasteiger partial charge in [0.1, 0.15) is 0 Å². The summed E-state index contributed by atoms with van der Waals surface area (Å²) in [6, 6.07) is 11.1. The number of hydrogen-bond donors (Lipinski definition) is 2. The van der Waals surface area contributed by atoms with Crippen LogP contribution in [-0.4, -0.2) is 19.9 Å². The van der Waals surface area contributed by atoms with E-state index >= 15 is 0 Å². The number of nitrogen functional groups attached to an aromatic ring is 1. The largest absolute Gasteiger partial charge is 0.399 e. The van der Waals surface area contributed by atoms with Crippen molar-refractivity contribution in [2.45, 2.75) is 17.9 Å². The Morgan fingerprint density at radius 2 is 2.14 bits per heavy atom. The average Bonchev–Trinajstić information content (AvgIpc) is 2.92. The zero-order valence-corrected chi connectivity index (χ0v) is 14.1. The first-order valence-corrected chi connectivity index (χ1v) is 10.00. The van der Waals surface area contributed by atoms with Crippen LogP contribution in [0.3, 0.4) is 0 Å². The van der Waals surface area contributed by atoms with Crippen LogP contribution in [0.2, 0.25) is 0 Å². The molecular formula is C14H18N2O2S3. The lowest BCUT2D eigenvalue weighted by molar-refractivity contribution is 0.570. The van der Waals surface area contributed by atoms with Gasteiger partial charge in [0.15, 0.2) is 0 Å². The molecule has 0 fully saturated rings. The van der Waals surface area contributed by atoms with Crippen LogP contribution in [0.5, 0.6) is 0 Å². The van der Waals surface area contributed by atoms with Gasteiger partial charge in [-0.05, 0) is 36.6 Å². The van der Waals surface area contributed by atoms with Crippen LogP contribution in [0, 0.1) is 0 Å². The van der Waals surface area contributed by atoms with Crippen LogP contribution in [0.4, 0.5) is 5.69 Å². The molecule has 0 bridgehead atoms. The minimum Gasteiger partial charge on any atom is -0.399 e. The Morgan fingerprint density at radius 3 is 2.81 bits per heavy atom. The number of nitrogens with one attached hydrogen (secondary N) is 1. The van der Waals surface area contributed by atoms with Gasteiger partial charge in [-0.25, -0.2) is 13.1 Å². The average molecular weight is 343 g/mol. The van der Waals surface area contributed by atoms with Gasteiger partial charge < -0.3 is 5.73 Å². The Kier molecular flexibility index (Phi) is 5.69. The minimum atomic E-state index is -3.28. The molecule has 7 heteroatoms. The fourth-order valence-corrected chi connectivity index (χ4v) is 5.23. The van der Waals surface area contributed by atoms with Crippen LogP contribution < -0.4 is 10.5 Å². The van der Waals surface area contributed by atoms with Crippen molar-refractivity contribution in [2.75, 3.05) is 17.2 Å². The number of anilines is 1. The van der Waals surface area contributed by atoms with Gasteiger partial charge in [-0.2, -0.15) is 0 Å². The lowest BCUT2D eigenvalue weighted by atomic mass is 10.3. The zero-order chi connectivity index (χ0) is 15.3. The maximum atomic E-state index is 12.0. The maximum Gasteiger partial charge on any atom is 0.212 e. The van der Waals surface area contributed by atoms with Crippen molar-refractivity contribution in [3.63, 3.8) is 0 Å². The van der Waals surface area contributed by atoms with Crippen LogP contribution in [0.1, 0.15) is 17.8 Å². The molecule has 21 heavy (non-hydrogen) atoms. The summed E-state index contributed by atoms with van der Waals surface area (Å²) in [4.78, 5) is 2.00. The second-order valence-corrected chi connectivity index (χ2v) is 8.62. The summed E-state index contributed by atoms with van der Waals surface area (Å²) >= 11 is 3.04. The van der Waals surface area contributed by atoms with Gasteiger partial charge in [0.05, 0.1) is 11.8 Å². The molecule has 0 aliphatic heterocycles. The van der Waals surface area contributed by atoms with E-state index in [1.54, 1.807) is 11.3 Å². The fraction of sp³-hybridized carbons (Fsp3) is 0.286. The fourth-order valence-electron chi connectivity index (χ4n) is 1.80. The zero-order valence-electron chi connectivity index (χ0n) is 11.7. The lowest BCUT2D eigenvalue weighted by Crippen LogP contribution is -2.29. The highest BCUT2D eigenvalue weighted by Crippen LogP contribution is 2.21. The number of rotatable bonds is 7. The van der Waals surface area contributed by atoms with Gasteiger partial charge in [-0.1, -0.05) is 12.1 Å². The molecule has 2 aromatic rings. The molecule has 2 rings (SSSR count). The molecule has 3 N–H and O–H groups in total. The molecule has 0 radical (unpaired) electrons. The first kappa shape index (κ1) is 16.4. The van der Waals surface area contributed by atoms with E-state index < -0.39 is 10.0 Å². The van der Waals surface area contributed by atoms with E-state index in [9.17, 15) is 8.42 Å². The normalized spacial score (nSPS) is 13.2. The molecular weight excluding hydrogens is 324 g/mol. The van der Waals surface area contributed by atoms with E-state index in [1.807, 2.05) is 48.7 Å². The molecule has 0 saturated heterocycles. The highest BCUT2D eigenvalue weighted by molar-refractivity contribution is 8.00. The monoisotopic (exact) mass is 342 g/mol. The highest BCUT2D eigenvalue weighted by atomic mass is 32.2. The predicted molar refractivity (Wildman–Crippen MR) is 91.2 cm³/mol.